The van der Waals surface area contributed by atoms with Gasteiger partial charge in [0.15, 0.2) is 6.04 Å². The van der Waals surface area contributed by atoms with E-state index in [1.54, 1.807) is 12.1 Å². The zero-order valence-corrected chi connectivity index (χ0v) is 11.8. The first kappa shape index (κ1) is 13.9. The molecular formula is C16H19NO4. The van der Waals surface area contributed by atoms with Gasteiger partial charge in [0.2, 0.25) is 5.91 Å². The lowest BCUT2D eigenvalue weighted by Gasteiger charge is -2.25. The van der Waals surface area contributed by atoms with Crippen molar-refractivity contribution in [1.82, 2.24) is 5.32 Å². The van der Waals surface area contributed by atoms with Crippen LogP contribution in [0.5, 0.6) is 5.75 Å². The third kappa shape index (κ3) is 3.01. The zero-order valence-electron chi connectivity index (χ0n) is 11.8. The summed E-state index contributed by atoms with van der Waals surface area (Å²) < 4.78 is 5.41. The van der Waals surface area contributed by atoms with Crippen LogP contribution in [0.2, 0.25) is 0 Å². The molecule has 1 fully saturated rings. The van der Waals surface area contributed by atoms with E-state index in [-0.39, 0.29) is 5.91 Å². The standard InChI is InChI=1S/C16H19NO4/c18-14(8-10-2-1-3-10)17-15(16(19)20)12-4-5-13-11(9-12)6-7-21-13/h4-5,9-10,15H,1-3,6-8H2,(H,17,18)(H,19,20). The summed E-state index contributed by atoms with van der Waals surface area (Å²) in [6, 6.07) is 4.34. The van der Waals surface area contributed by atoms with Crippen molar-refractivity contribution >= 4 is 11.9 Å². The quantitative estimate of drug-likeness (QED) is 0.870. The lowest BCUT2D eigenvalue weighted by molar-refractivity contribution is -0.142. The molecule has 0 radical (unpaired) electrons. The van der Waals surface area contributed by atoms with Gasteiger partial charge in [0.25, 0.3) is 0 Å². The minimum Gasteiger partial charge on any atom is -0.493 e. The predicted molar refractivity (Wildman–Crippen MR) is 76.1 cm³/mol. The number of rotatable bonds is 5. The van der Waals surface area contributed by atoms with Crippen LogP contribution in [0.25, 0.3) is 0 Å². The fourth-order valence-electron chi connectivity index (χ4n) is 2.85. The largest absolute Gasteiger partial charge is 0.493 e. The number of hydrogen-bond donors (Lipinski definition) is 2. The number of carboxylic acids is 1. The van der Waals surface area contributed by atoms with Crippen LogP contribution in [0.3, 0.4) is 0 Å². The second-order valence-electron chi connectivity index (χ2n) is 5.81. The van der Waals surface area contributed by atoms with Gasteiger partial charge in [-0.2, -0.15) is 0 Å². The minimum atomic E-state index is -1.03. The zero-order chi connectivity index (χ0) is 14.8. The Morgan fingerprint density at radius 3 is 2.86 bits per heavy atom. The van der Waals surface area contributed by atoms with Crippen molar-refractivity contribution in [2.75, 3.05) is 6.61 Å². The van der Waals surface area contributed by atoms with Crippen LogP contribution in [0.15, 0.2) is 18.2 Å². The fourth-order valence-corrected chi connectivity index (χ4v) is 2.85. The van der Waals surface area contributed by atoms with Crippen molar-refractivity contribution < 1.29 is 19.4 Å². The molecule has 112 valence electrons. The Morgan fingerprint density at radius 2 is 2.19 bits per heavy atom. The van der Waals surface area contributed by atoms with Crippen molar-refractivity contribution in [2.45, 2.75) is 38.1 Å². The maximum Gasteiger partial charge on any atom is 0.330 e. The summed E-state index contributed by atoms with van der Waals surface area (Å²) in [4.78, 5) is 23.4. The van der Waals surface area contributed by atoms with Crippen molar-refractivity contribution in [3.05, 3.63) is 29.3 Å². The molecule has 21 heavy (non-hydrogen) atoms. The van der Waals surface area contributed by atoms with E-state index in [9.17, 15) is 14.7 Å². The van der Waals surface area contributed by atoms with Crippen LogP contribution in [0, 0.1) is 5.92 Å². The van der Waals surface area contributed by atoms with E-state index in [0.717, 1.165) is 30.6 Å². The van der Waals surface area contributed by atoms with E-state index in [1.807, 2.05) is 6.07 Å². The van der Waals surface area contributed by atoms with E-state index >= 15 is 0 Å². The molecule has 1 amide bonds. The number of carbonyl (C=O) groups is 2. The molecule has 0 saturated heterocycles. The SMILES string of the molecule is O=C(CC1CCC1)NC(C(=O)O)c1ccc2c(c1)CCO2. The van der Waals surface area contributed by atoms with Crippen molar-refractivity contribution in [3.8, 4) is 5.75 Å². The lowest BCUT2D eigenvalue weighted by Crippen LogP contribution is -2.35. The Balaban J connectivity index is 1.71. The maximum absolute atomic E-state index is 12.0. The summed E-state index contributed by atoms with van der Waals surface area (Å²) in [6.07, 6.45) is 4.52. The second-order valence-corrected chi connectivity index (χ2v) is 5.81. The van der Waals surface area contributed by atoms with Crippen LogP contribution < -0.4 is 10.1 Å². The van der Waals surface area contributed by atoms with E-state index < -0.39 is 12.0 Å². The number of carboxylic acid groups (broad SMARTS) is 1. The number of benzene rings is 1. The van der Waals surface area contributed by atoms with Crippen molar-refractivity contribution in [2.24, 2.45) is 5.92 Å². The van der Waals surface area contributed by atoms with Crippen molar-refractivity contribution in [3.63, 3.8) is 0 Å². The Kier molecular flexibility index (Phi) is 3.82. The van der Waals surface area contributed by atoms with Crippen LogP contribution in [-0.2, 0) is 16.0 Å². The number of ether oxygens (including phenoxy) is 1. The summed E-state index contributed by atoms with van der Waals surface area (Å²) in [7, 11) is 0. The molecule has 5 nitrogen and oxygen atoms in total. The van der Waals surface area contributed by atoms with Gasteiger partial charge in [0.05, 0.1) is 6.61 Å². The topological polar surface area (TPSA) is 75.6 Å². The van der Waals surface area contributed by atoms with Crippen LogP contribution in [0.1, 0.15) is 42.9 Å². The molecule has 1 atom stereocenters. The fraction of sp³-hybridized carbons (Fsp3) is 0.500. The van der Waals surface area contributed by atoms with Gasteiger partial charge in [-0.3, -0.25) is 4.79 Å². The van der Waals surface area contributed by atoms with E-state index in [2.05, 4.69) is 5.32 Å². The summed E-state index contributed by atoms with van der Waals surface area (Å²) in [5.41, 5.74) is 1.61. The predicted octanol–water partition coefficient (Wildman–Crippen LogP) is 2.05. The number of nitrogens with one attached hydrogen (secondary N) is 1. The third-order valence-corrected chi connectivity index (χ3v) is 4.30. The Morgan fingerprint density at radius 1 is 1.38 bits per heavy atom. The molecule has 0 aromatic heterocycles. The molecule has 3 rings (SSSR count). The summed E-state index contributed by atoms with van der Waals surface area (Å²) in [5.74, 6) is 0.0243. The monoisotopic (exact) mass is 289 g/mol. The molecule has 1 unspecified atom stereocenters. The number of carbonyl (C=O) groups excluding carboxylic acids is 1. The number of hydrogen-bond acceptors (Lipinski definition) is 3. The molecule has 1 aromatic rings. The summed E-state index contributed by atoms with van der Waals surface area (Å²) in [6.45, 7) is 0.630. The molecule has 2 aliphatic rings. The molecule has 2 N–H and O–H groups in total. The molecule has 1 aliphatic carbocycles. The van der Waals surface area contributed by atoms with Gasteiger partial charge < -0.3 is 15.2 Å². The third-order valence-electron chi connectivity index (χ3n) is 4.30. The smallest absolute Gasteiger partial charge is 0.330 e. The number of fused-ring (bicyclic) bond motifs is 1. The van der Waals surface area contributed by atoms with Gasteiger partial charge in [-0.15, -0.1) is 0 Å². The van der Waals surface area contributed by atoms with Gasteiger partial charge in [0.1, 0.15) is 5.75 Å². The Labute approximate surface area is 123 Å². The molecule has 1 heterocycles. The molecule has 5 heteroatoms. The minimum absolute atomic E-state index is 0.177. The van der Waals surface area contributed by atoms with Gasteiger partial charge in [-0.1, -0.05) is 12.5 Å². The molecule has 0 spiro atoms. The highest BCUT2D eigenvalue weighted by molar-refractivity contribution is 5.84. The van der Waals surface area contributed by atoms with Gasteiger partial charge in [-0.05, 0) is 42.0 Å². The highest BCUT2D eigenvalue weighted by Gasteiger charge is 2.27. The molecule has 0 bridgehead atoms. The normalized spacial score (nSPS) is 18.3. The first-order valence-electron chi connectivity index (χ1n) is 7.41. The summed E-state index contributed by atoms with van der Waals surface area (Å²) in [5, 5.41) is 12.0. The van der Waals surface area contributed by atoms with Crippen LogP contribution in [0.4, 0.5) is 0 Å². The van der Waals surface area contributed by atoms with Crippen LogP contribution in [-0.4, -0.2) is 23.6 Å². The average molecular weight is 289 g/mol. The second kappa shape index (κ2) is 5.76. The molecule has 1 saturated carbocycles. The summed E-state index contributed by atoms with van der Waals surface area (Å²) >= 11 is 0. The van der Waals surface area contributed by atoms with Crippen molar-refractivity contribution in [1.29, 1.82) is 0 Å². The number of aliphatic carboxylic acids is 1. The average Bonchev–Trinajstić information content (AvgIpc) is 2.87. The molecule has 1 aliphatic heterocycles. The van der Waals surface area contributed by atoms with Gasteiger partial charge in [0, 0.05) is 12.8 Å². The Hall–Kier alpha value is -2.04. The van der Waals surface area contributed by atoms with E-state index in [4.69, 9.17) is 4.74 Å². The highest BCUT2D eigenvalue weighted by atomic mass is 16.5. The van der Waals surface area contributed by atoms with E-state index in [0.29, 0.717) is 24.5 Å². The van der Waals surface area contributed by atoms with E-state index in [1.165, 1.54) is 6.42 Å². The maximum atomic E-state index is 12.0. The first-order chi connectivity index (χ1) is 10.1. The van der Waals surface area contributed by atoms with Gasteiger partial charge >= 0.3 is 5.97 Å². The Bertz CT molecular complexity index is 565. The first-order valence-corrected chi connectivity index (χ1v) is 7.41. The highest BCUT2D eigenvalue weighted by Crippen LogP contribution is 2.30. The van der Waals surface area contributed by atoms with Crippen LogP contribution >= 0.6 is 0 Å². The molecule has 1 aromatic carbocycles. The number of amides is 1. The lowest BCUT2D eigenvalue weighted by atomic mass is 9.83. The molecular weight excluding hydrogens is 270 g/mol. The van der Waals surface area contributed by atoms with Gasteiger partial charge in [-0.25, -0.2) is 4.79 Å².